The van der Waals surface area contributed by atoms with Gasteiger partial charge in [-0.25, -0.2) is 9.18 Å². The number of fused-ring (bicyclic) bond motifs is 2. The Balaban J connectivity index is 1.29. The minimum absolute atomic E-state index is 0.0287. The molecule has 0 aliphatic rings. The van der Waals surface area contributed by atoms with E-state index >= 15 is 0 Å². The van der Waals surface area contributed by atoms with Gasteiger partial charge in [0, 0.05) is 71.1 Å². The number of benzene rings is 3. The van der Waals surface area contributed by atoms with Crippen LogP contribution in [0.3, 0.4) is 0 Å². The van der Waals surface area contributed by atoms with Gasteiger partial charge in [-0.1, -0.05) is 23.7 Å². The maximum absolute atomic E-state index is 13.8. The van der Waals surface area contributed by atoms with Crippen molar-refractivity contribution in [2.45, 2.75) is 52.4 Å². The number of aliphatic hydroxyl groups is 1. The second-order valence-electron chi connectivity index (χ2n) is 12.7. The smallest absolute Gasteiger partial charge is 0.354 e. The summed E-state index contributed by atoms with van der Waals surface area (Å²) in [5, 5.41) is 32.2. The summed E-state index contributed by atoms with van der Waals surface area (Å²) in [4.78, 5) is 13.0. The third kappa shape index (κ3) is 6.76. The summed E-state index contributed by atoms with van der Waals surface area (Å²) in [7, 11) is 5.08. The molecule has 0 saturated carbocycles. The Morgan fingerprint density at radius 2 is 1.84 bits per heavy atom. The molecule has 0 radical (unpaired) electrons. The molecule has 1 unspecified atom stereocenters. The molecule has 3 aromatic heterocycles. The molecule has 0 saturated heterocycles. The number of aromatic nitrogens is 5. The Hall–Kier alpha value is -4.97. The first-order chi connectivity index (χ1) is 24.5. The molecule has 6 aromatic rings. The number of aliphatic hydroxyl groups excluding tert-OH is 1. The summed E-state index contributed by atoms with van der Waals surface area (Å²) >= 11 is 6.99. The zero-order valence-electron chi connectivity index (χ0n) is 29.3. The van der Waals surface area contributed by atoms with Gasteiger partial charge in [-0.15, -0.1) is 6.58 Å². The van der Waals surface area contributed by atoms with Crippen molar-refractivity contribution in [3.63, 3.8) is 0 Å². The standard InChI is InChI=1S/C39H41ClFN5O5/c1-7-33(51-21-27-20-28(45(5)42-27)11-9-24-17-25-19-26(41)10-12-29(25)32(48)18-24)37-35(23(3)44(4)43-37)36-30(40)13-14-31-34(36)22(2)38(39(49)50-6)46(31)15-8-16-47/h7,10,12-14,17-20,33,47-48H,1,8-9,11,15-16,21H2,2-6H3. The topological polar surface area (TPSA) is 117 Å². The van der Waals surface area contributed by atoms with Crippen molar-refractivity contribution in [2.24, 2.45) is 14.1 Å². The molecule has 6 rings (SSSR count). The van der Waals surface area contributed by atoms with Crippen molar-refractivity contribution in [2.75, 3.05) is 13.7 Å². The highest BCUT2D eigenvalue weighted by Crippen LogP contribution is 2.44. The first-order valence-corrected chi connectivity index (χ1v) is 17.1. The van der Waals surface area contributed by atoms with Gasteiger partial charge in [0.1, 0.15) is 29.1 Å². The molecule has 0 fully saturated rings. The van der Waals surface area contributed by atoms with Crippen LogP contribution in [0.5, 0.6) is 5.75 Å². The number of carbonyl (C=O) groups excluding carboxylic acids is 1. The van der Waals surface area contributed by atoms with Crippen LogP contribution < -0.4 is 0 Å². The lowest BCUT2D eigenvalue weighted by atomic mass is 9.95. The van der Waals surface area contributed by atoms with E-state index in [1.165, 1.54) is 19.2 Å². The van der Waals surface area contributed by atoms with E-state index in [0.29, 0.717) is 58.6 Å². The minimum atomic E-state index is -0.630. The largest absolute Gasteiger partial charge is 0.507 e. The number of rotatable bonds is 13. The number of phenols is 1. The van der Waals surface area contributed by atoms with E-state index in [1.807, 2.05) is 61.5 Å². The molecular formula is C39H41ClFN5O5. The molecule has 0 aliphatic carbocycles. The SMILES string of the molecule is C=CC(OCc1cc(CCc2cc(O)c3ccc(F)cc3c2)n(C)n1)c1nn(C)c(C)c1-c1c(Cl)ccc2c1c(C)c(C(=O)OC)n2CCCO. The van der Waals surface area contributed by atoms with E-state index in [9.17, 15) is 19.4 Å². The summed E-state index contributed by atoms with van der Waals surface area (Å²) in [6, 6.07) is 13.6. The van der Waals surface area contributed by atoms with Crippen molar-refractivity contribution in [3.8, 4) is 16.9 Å². The van der Waals surface area contributed by atoms with Crippen molar-refractivity contribution in [1.29, 1.82) is 0 Å². The molecule has 10 nitrogen and oxygen atoms in total. The molecule has 51 heavy (non-hydrogen) atoms. The molecule has 0 aliphatic heterocycles. The Morgan fingerprint density at radius 3 is 2.57 bits per heavy atom. The van der Waals surface area contributed by atoms with Crippen LogP contribution in [0.15, 0.2) is 61.2 Å². The minimum Gasteiger partial charge on any atom is -0.507 e. The van der Waals surface area contributed by atoms with E-state index in [4.69, 9.17) is 26.2 Å². The van der Waals surface area contributed by atoms with E-state index in [-0.39, 0.29) is 24.8 Å². The van der Waals surface area contributed by atoms with Crippen LogP contribution in [0, 0.1) is 19.7 Å². The molecule has 12 heteroatoms. The fourth-order valence-electron chi connectivity index (χ4n) is 6.93. The van der Waals surface area contributed by atoms with Gasteiger partial charge in [0.05, 0.1) is 19.4 Å². The number of methoxy groups -OCH3 is 1. The second-order valence-corrected chi connectivity index (χ2v) is 13.1. The van der Waals surface area contributed by atoms with Gasteiger partial charge in [0.2, 0.25) is 0 Å². The molecule has 2 N–H and O–H groups in total. The fourth-order valence-corrected chi connectivity index (χ4v) is 7.18. The van der Waals surface area contributed by atoms with Crippen LogP contribution >= 0.6 is 11.6 Å². The summed E-state index contributed by atoms with van der Waals surface area (Å²) in [6.45, 7) is 8.46. The lowest BCUT2D eigenvalue weighted by Gasteiger charge is -2.16. The van der Waals surface area contributed by atoms with Crippen LogP contribution in [-0.2, 0) is 49.6 Å². The van der Waals surface area contributed by atoms with Gasteiger partial charge < -0.3 is 24.3 Å². The third-order valence-electron chi connectivity index (χ3n) is 9.50. The number of phenolic OH excluding ortho intramolecular Hbond substituents is 1. The van der Waals surface area contributed by atoms with Crippen LogP contribution in [-0.4, -0.2) is 54.0 Å². The summed E-state index contributed by atoms with van der Waals surface area (Å²) in [5.41, 5.74) is 7.44. The monoisotopic (exact) mass is 713 g/mol. The second kappa shape index (κ2) is 14.7. The number of nitrogens with zero attached hydrogens (tertiary/aromatic N) is 5. The van der Waals surface area contributed by atoms with E-state index in [1.54, 1.807) is 22.9 Å². The zero-order chi connectivity index (χ0) is 36.6. The summed E-state index contributed by atoms with van der Waals surface area (Å²) in [5.74, 6) is -0.700. The number of carbonyl (C=O) groups is 1. The molecule has 0 amide bonds. The molecule has 3 aromatic carbocycles. The Labute approximate surface area is 300 Å². The third-order valence-corrected chi connectivity index (χ3v) is 9.81. The Morgan fingerprint density at radius 1 is 1.06 bits per heavy atom. The number of hydrogen-bond donors (Lipinski definition) is 2. The average Bonchev–Trinajstić information content (AvgIpc) is 3.71. The summed E-state index contributed by atoms with van der Waals surface area (Å²) in [6.07, 6.45) is 2.78. The Kier molecular flexibility index (Phi) is 10.3. The van der Waals surface area contributed by atoms with Gasteiger partial charge in [0.15, 0.2) is 0 Å². The molecule has 0 bridgehead atoms. The van der Waals surface area contributed by atoms with Crippen molar-refractivity contribution in [1.82, 2.24) is 24.1 Å². The normalized spacial score (nSPS) is 12.2. The number of hydrogen-bond acceptors (Lipinski definition) is 7. The number of ether oxygens (including phenoxy) is 2. The van der Waals surface area contributed by atoms with Gasteiger partial charge in [-0.05, 0) is 92.1 Å². The molecule has 0 spiro atoms. The molecular weight excluding hydrogens is 673 g/mol. The quantitative estimate of drug-likeness (QED) is 0.0944. The first kappa shape index (κ1) is 35.8. The Bertz CT molecular complexity index is 2290. The highest BCUT2D eigenvalue weighted by molar-refractivity contribution is 6.35. The number of aryl methyl sites for hydroxylation is 6. The van der Waals surface area contributed by atoms with Crippen LogP contribution in [0.2, 0.25) is 5.02 Å². The lowest BCUT2D eigenvalue weighted by Crippen LogP contribution is -2.12. The number of halogens is 2. The van der Waals surface area contributed by atoms with Crippen molar-refractivity contribution < 1.29 is 28.9 Å². The van der Waals surface area contributed by atoms with Crippen LogP contribution in [0.1, 0.15) is 56.9 Å². The van der Waals surface area contributed by atoms with Gasteiger partial charge in [-0.2, -0.15) is 10.2 Å². The van der Waals surface area contributed by atoms with E-state index < -0.39 is 12.1 Å². The van der Waals surface area contributed by atoms with Crippen LogP contribution in [0.4, 0.5) is 4.39 Å². The zero-order valence-corrected chi connectivity index (χ0v) is 30.1. The highest BCUT2D eigenvalue weighted by atomic mass is 35.5. The predicted molar refractivity (Wildman–Crippen MR) is 196 cm³/mol. The highest BCUT2D eigenvalue weighted by Gasteiger charge is 2.29. The average molecular weight is 714 g/mol. The maximum atomic E-state index is 13.8. The van der Waals surface area contributed by atoms with E-state index in [2.05, 4.69) is 11.7 Å². The number of esters is 1. The van der Waals surface area contributed by atoms with Crippen LogP contribution in [0.25, 0.3) is 32.8 Å². The molecule has 3 heterocycles. The lowest BCUT2D eigenvalue weighted by molar-refractivity contribution is 0.0587. The van der Waals surface area contributed by atoms with Gasteiger partial charge >= 0.3 is 5.97 Å². The number of aromatic hydroxyl groups is 1. The summed E-state index contributed by atoms with van der Waals surface area (Å²) < 4.78 is 30.9. The molecule has 1 atom stereocenters. The first-order valence-electron chi connectivity index (χ1n) is 16.7. The van der Waals surface area contributed by atoms with Gasteiger partial charge in [0.25, 0.3) is 0 Å². The van der Waals surface area contributed by atoms with Crippen molar-refractivity contribution in [3.05, 3.63) is 112 Å². The van der Waals surface area contributed by atoms with E-state index in [0.717, 1.165) is 44.7 Å². The molecule has 266 valence electrons. The van der Waals surface area contributed by atoms with Gasteiger partial charge in [-0.3, -0.25) is 9.36 Å². The maximum Gasteiger partial charge on any atom is 0.354 e. The predicted octanol–water partition coefficient (Wildman–Crippen LogP) is 7.44. The fraction of sp³-hybridized carbons (Fsp3) is 0.308. The van der Waals surface area contributed by atoms with Crippen molar-refractivity contribution >= 4 is 39.2 Å².